The molecule has 0 unspecified atom stereocenters. The number of hydrogen-bond donors (Lipinski definition) is 1. The van der Waals surface area contributed by atoms with E-state index >= 15 is 0 Å². The van der Waals surface area contributed by atoms with Crippen molar-refractivity contribution in [3.63, 3.8) is 0 Å². The molecule has 1 aliphatic heterocycles. The zero-order valence-corrected chi connectivity index (χ0v) is 23.6. The molecular weight excluding hydrogens is 500 g/mol. The van der Waals surface area contributed by atoms with Crippen LogP contribution in [0.4, 0.5) is 4.79 Å². The summed E-state index contributed by atoms with van der Waals surface area (Å²) in [6, 6.07) is 7.50. The van der Waals surface area contributed by atoms with Crippen LogP contribution in [0.5, 0.6) is 11.6 Å². The van der Waals surface area contributed by atoms with Gasteiger partial charge in [-0.05, 0) is 67.8 Å². The second-order valence-corrected chi connectivity index (χ2v) is 10.7. The first-order chi connectivity index (χ1) is 18.9. The van der Waals surface area contributed by atoms with Crippen LogP contribution < -0.4 is 14.8 Å². The summed E-state index contributed by atoms with van der Waals surface area (Å²) in [6.07, 6.45) is 4.54. The Bertz CT molecular complexity index is 1070. The summed E-state index contributed by atoms with van der Waals surface area (Å²) in [4.78, 5) is 30.4. The first-order valence-electron chi connectivity index (χ1n) is 14.1. The highest BCUT2D eigenvalue weighted by Gasteiger charge is 2.39. The Morgan fingerprint density at radius 1 is 1.13 bits per heavy atom. The zero-order valence-electron chi connectivity index (χ0n) is 23.6. The molecule has 0 bridgehead atoms. The Kier molecular flexibility index (Phi) is 10.2. The summed E-state index contributed by atoms with van der Waals surface area (Å²) < 4.78 is 21.4. The lowest BCUT2D eigenvalue weighted by molar-refractivity contribution is 0.0647. The van der Waals surface area contributed by atoms with Crippen molar-refractivity contribution in [2.75, 3.05) is 46.5 Å². The lowest BCUT2D eigenvalue weighted by Crippen LogP contribution is -2.45. The van der Waals surface area contributed by atoms with Crippen LogP contribution in [0.25, 0.3) is 0 Å². The molecule has 0 radical (unpaired) electrons. The minimum absolute atomic E-state index is 0.00969. The Morgan fingerprint density at radius 3 is 2.54 bits per heavy atom. The molecule has 2 heterocycles. The van der Waals surface area contributed by atoms with Crippen molar-refractivity contribution in [2.45, 2.75) is 58.5 Å². The summed E-state index contributed by atoms with van der Waals surface area (Å²) in [5.41, 5.74) is 1.71. The average Bonchev–Trinajstić information content (AvgIpc) is 3.45. The molecular formula is C29H42N4O6. The molecule has 10 heteroatoms. The van der Waals surface area contributed by atoms with Gasteiger partial charge in [-0.3, -0.25) is 4.79 Å². The van der Waals surface area contributed by atoms with Gasteiger partial charge in [-0.25, -0.2) is 4.79 Å². The third-order valence-corrected chi connectivity index (χ3v) is 7.50. The van der Waals surface area contributed by atoms with Gasteiger partial charge in [0.25, 0.3) is 11.8 Å². The molecule has 2 fully saturated rings. The van der Waals surface area contributed by atoms with Crippen molar-refractivity contribution in [3.8, 4) is 11.6 Å². The van der Waals surface area contributed by atoms with Crippen LogP contribution in [0, 0.1) is 11.8 Å². The lowest BCUT2D eigenvalue weighted by Gasteiger charge is -2.33. The van der Waals surface area contributed by atoms with Gasteiger partial charge < -0.3 is 33.9 Å². The summed E-state index contributed by atoms with van der Waals surface area (Å²) in [6.45, 7) is 10.1. The maximum absolute atomic E-state index is 13.8. The number of carbonyl (C=O) groups excluding carboxylic acids is 2. The van der Waals surface area contributed by atoms with Gasteiger partial charge in [0.15, 0.2) is 0 Å². The summed E-state index contributed by atoms with van der Waals surface area (Å²) in [5.74, 6) is 1.32. The van der Waals surface area contributed by atoms with Crippen LogP contribution in [0.2, 0.25) is 0 Å². The van der Waals surface area contributed by atoms with Gasteiger partial charge in [-0.1, -0.05) is 13.0 Å². The number of aryl methyl sites for hydroxylation is 1. The predicted octanol–water partition coefficient (Wildman–Crippen LogP) is 4.00. The number of ether oxygens (including phenoxy) is 3. The van der Waals surface area contributed by atoms with Gasteiger partial charge in [-0.2, -0.15) is 0 Å². The van der Waals surface area contributed by atoms with E-state index in [0.717, 1.165) is 50.1 Å². The van der Waals surface area contributed by atoms with Gasteiger partial charge in [0.05, 0.1) is 6.61 Å². The van der Waals surface area contributed by atoms with Gasteiger partial charge in [0.1, 0.15) is 12.0 Å². The van der Waals surface area contributed by atoms with Crippen LogP contribution in [0.15, 0.2) is 35.1 Å². The first-order valence-corrected chi connectivity index (χ1v) is 14.1. The van der Waals surface area contributed by atoms with Gasteiger partial charge in [0.2, 0.25) is 0 Å². The maximum Gasteiger partial charge on any atom is 0.416 e. The summed E-state index contributed by atoms with van der Waals surface area (Å²) in [5, 5.41) is 7.18. The van der Waals surface area contributed by atoms with E-state index in [0.29, 0.717) is 31.9 Å². The van der Waals surface area contributed by atoms with Crippen molar-refractivity contribution < 1.29 is 28.3 Å². The van der Waals surface area contributed by atoms with Crippen LogP contribution in [-0.2, 0) is 11.2 Å². The number of nitrogens with one attached hydrogen (secondary N) is 1. The fourth-order valence-corrected chi connectivity index (χ4v) is 5.07. The standard InChI is InChI=1S/C29H42N4O6/c1-5-21-7-8-22(15-26(21)37-13-6-12-36-4)28(34)32(20(2)3)18-23-16-30-17-24(23)19-33(25-9-10-25)29(35)39-27-11-14-38-31-27/h7-8,11,14-15,20,23-25,30H,5-6,9-10,12-13,16-19H2,1-4H3/t23-,24-/m0/s1. The molecule has 1 N–H and O–H groups in total. The third-order valence-electron chi connectivity index (χ3n) is 7.50. The van der Waals surface area contributed by atoms with E-state index in [1.54, 1.807) is 7.11 Å². The fourth-order valence-electron chi connectivity index (χ4n) is 5.07. The molecule has 1 saturated carbocycles. The molecule has 1 aromatic carbocycles. The Balaban J connectivity index is 1.43. The minimum Gasteiger partial charge on any atom is -0.493 e. The molecule has 214 valence electrons. The minimum atomic E-state index is -0.400. The molecule has 2 atom stereocenters. The number of hydrogen-bond acceptors (Lipinski definition) is 8. The molecule has 1 saturated heterocycles. The van der Waals surface area contributed by atoms with Gasteiger partial charge in [0, 0.05) is 70.0 Å². The van der Waals surface area contributed by atoms with Crippen molar-refractivity contribution in [1.82, 2.24) is 20.3 Å². The van der Waals surface area contributed by atoms with Gasteiger partial charge >= 0.3 is 6.09 Å². The molecule has 10 nitrogen and oxygen atoms in total. The number of carbonyl (C=O) groups is 2. The average molecular weight is 543 g/mol. The number of nitrogens with zero attached hydrogens (tertiary/aromatic N) is 3. The number of rotatable bonds is 14. The highest BCUT2D eigenvalue weighted by Crippen LogP contribution is 2.31. The molecule has 2 aliphatic rings. The van der Waals surface area contributed by atoms with Crippen molar-refractivity contribution in [2.24, 2.45) is 11.8 Å². The Hall–Kier alpha value is -3.11. The SMILES string of the molecule is CCc1ccc(C(=O)N(C[C@@H]2CNC[C@H]2CN(C(=O)Oc2ccon2)C2CC2)C(C)C)cc1OCCCOC. The smallest absolute Gasteiger partial charge is 0.416 e. The van der Waals surface area contributed by atoms with Crippen molar-refractivity contribution in [1.29, 1.82) is 0 Å². The molecule has 39 heavy (non-hydrogen) atoms. The molecule has 2 amide bonds. The predicted molar refractivity (Wildman–Crippen MR) is 146 cm³/mol. The topological polar surface area (TPSA) is 106 Å². The molecule has 4 rings (SSSR count). The molecule has 1 aliphatic carbocycles. The van der Waals surface area contributed by atoms with Crippen LogP contribution in [0.1, 0.15) is 56.0 Å². The summed E-state index contributed by atoms with van der Waals surface area (Å²) in [7, 11) is 1.68. The number of benzene rings is 1. The summed E-state index contributed by atoms with van der Waals surface area (Å²) >= 11 is 0. The van der Waals surface area contributed by atoms with Crippen LogP contribution in [0.3, 0.4) is 0 Å². The number of aromatic nitrogens is 1. The third kappa shape index (κ3) is 7.73. The zero-order chi connectivity index (χ0) is 27.8. The maximum atomic E-state index is 13.8. The van der Waals surface area contributed by atoms with E-state index in [2.05, 4.69) is 17.4 Å². The molecule has 1 aromatic heterocycles. The molecule has 0 spiro atoms. The normalized spacial score (nSPS) is 18.8. The van der Waals surface area contributed by atoms with E-state index < -0.39 is 6.09 Å². The largest absolute Gasteiger partial charge is 0.493 e. The van der Waals surface area contributed by atoms with E-state index in [1.165, 1.54) is 12.3 Å². The fraction of sp³-hybridized carbons (Fsp3) is 0.621. The van der Waals surface area contributed by atoms with Crippen LogP contribution >= 0.6 is 0 Å². The highest BCUT2D eigenvalue weighted by atomic mass is 16.6. The lowest BCUT2D eigenvalue weighted by atomic mass is 9.94. The van der Waals surface area contributed by atoms with E-state index in [1.807, 2.05) is 41.8 Å². The molecule has 2 aromatic rings. The quantitative estimate of drug-likeness (QED) is 0.357. The van der Waals surface area contributed by atoms with E-state index in [-0.39, 0.29) is 35.7 Å². The van der Waals surface area contributed by atoms with Crippen LogP contribution in [-0.4, -0.2) is 85.5 Å². The number of amides is 2. The van der Waals surface area contributed by atoms with Gasteiger partial charge in [-0.15, -0.1) is 0 Å². The highest BCUT2D eigenvalue weighted by molar-refractivity contribution is 5.95. The Labute approximate surface area is 230 Å². The van der Waals surface area contributed by atoms with Crippen molar-refractivity contribution >= 4 is 12.0 Å². The first kappa shape index (κ1) is 28.9. The second-order valence-electron chi connectivity index (χ2n) is 10.7. The van der Waals surface area contributed by atoms with E-state index in [9.17, 15) is 9.59 Å². The second kappa shape index (κ2) is 13.8. The Morgan fingerprint density at radius 2 is 1.90 bits per heavy atom. The van der Waals surface area contributed by atoms with Crippen molar-refractivity contribution in [3.05, 3.63) is 41.7 Å². The number of methoxy groups -OCH3 is 1. The monoisotopic (exact) mass is 542 g/mol. The van der Waals surface area contributed by atoms with E-state index in [4.69, 9.17) is 18.7 Å².